The highest BCUT2D eigenvalue weighted by atomic mass is 35.5. The molecule has 0 aliphatic carbocycles. The van der Waals surface area contributed by atoms with Gasteiger partial charge in [-0.1, -0.05) is 35.1 Å². The van der Waals surface area contributed by atoms with E-state index < -0.39 is 17.5 Å². The molecule has 2 aromatic rings. The smallest absolute Gasteiger partial charge is 0.349 e. The SMILES string of the molecule is O=C(OCC(=O)N1CCN(c2ccccc2Cl)CC1)c1ccc([N+](=O)[O-])s1. The molecule has 0 unspecified atom stereocenters. The molecule has 10 heteroatoms. The average Bonchev–Trinajstić information content (AvgIpc) is 3.17. The van der Waals surface area contributed by atoms with E-state index in [0.717, 1.165) is 17.0 Å². The van der Waals surface area contributed by atoms with Crippen molar-refractivity contribution >= 4 is 45.5 Å². The zero-order chi connectivity index (χ0) is 19.4. The van der Waals surface area contributed by atoms with E-state index in [1.54, 1.807) is 4.90 Å². The summed E-state index contributed by atoms with van der Waals surface area (Å²) in [6.07, 6.45) is 0. The summed E-state index contributed by atoms with van der Waals surface area (Å²) < 4.78 is 4.99. The summed E-state index contributed by atoms with van der Waals surface area (Å²) in [5.41, 5.74) is 0.928. The number of nitro groups is 1. The van der Waals surface area contributed by atoms with Crippen molar-refractivity contribution in [3.8, 4) is 0 Å². The third-order valence-electron chi connectivity index (χ3n) is 4.13. The monoisotopic (exact) mass is 409 g/mol. The fraction of sp³-hybridized carbons (Fsp3) is 0.294. The molecule has 0 saturated carbocycles. The molecule has 27 heavy (non-hydrogen) atoms. The van der Waals surface area contributed by atoms with Crippen LogP contribution in [-0.2, 0) is 9.53 Å². The second-order valence-corrected chi connectivity index (χ2v) is 7.26. The number of amides is 1. The molecule has 1 fully saturated rings. The number of hydrogen-bond donors (Lipinski definition) is 0. The first-order chi connectivity index (χ1) is 13.0. The molecule has 1 aliphatic heterocycles. The number of piperazine rings is 1. The minimum absolute atomic E-state index is 0.0954. The molecule has 1 saturated heterocycles. The molecule has 8 nitrogen and oxygen atoms in total. The Labute approximate surface area is 164 Å². The molecule has 3 rings (SSSR count). The third-order valence-corrected chi connectivity index (χ3v) is 5.46. The quantitative estimate of drug-likeness (QED) is 0.428. The topological polar surface area (TPSA) is 93.0 Å². The molecule has 2 heterocycles. The number of rotatable bonds is 5. The van der Waals surface area contributed by atoms with Crippen molar-refractivity contribution in [1.29, 1.82) is 0 Å². The summed E-state index contributed by atoms with van der Waals surface area (Å²) in [5, 5.41) is 11.2. The lowest BCUT2D eigenvalue weighted by atomic mass is 10.2. The van der Waals surface area contributed by atoms with Crippen LogP contribution in [0, 0.1) is 10.1 Å². The summed E-state index contributed by atoms with van der Waals surface area (Å²) in [6, 6.07) is 10.1. The summed E-state index contributed by atoms with van der Waals surface area (Å²) >= 11 is 6.92. The van der Waals surface area contributed by atoms with E-state index >= 15 is 0 Å². The number of esters is 1. The van der Waals surface area contributed by atoms with E-state index in [4.69, 9.17) is 16.3 Å². The van der Waals surface area contributed by atoms with E-state index in [9.17, 15) is 19.7 Å². The zero-order valence-corrected chi connectivity index (χ0v) is 15.7. The Morgan fingerprint density at radius 3 is 2.48 bits per heavy atom. The van der Waals surface area contributed by atoms with Crippen LogP contribution in [0.4, 0.5) is 10.7 Å². The van der Waals surface area contributed by atoms with Gasteiger partial charge >= 0.3 is 11.0 Å². The molecule has 1 aromatic heterocycles. The van der Waals surface area contributed by atoms with Crippen LogP contribution in [0.5, 0.6) is 0 Å². The van der Waals surface area contributed by atoms with Crippen LogP contribution in [-0.4, -0.2) is 54.5 Å². The summed E-state index contributed by atoms with van der Waals surface area (Å²) in [5.74, 6) is -1.04. The zero-order valence-electron chi connectivity index (χ0n) is 14.2. The Morgan fingerprint density at radius 1 is 1.15 bits per heavy atom. The second kappa shape index (κ2) is 8.36. The maximum Gasteiger partial charge on any atom is 0.349 e. The van der Waals surface area contributed by atoms with Gasteiger partial charge < -0.3 is 14.5 Å². The fourth-order valence-corrected chi connectivity index (χ4v) is 3.70. The number of halogens is 1. The van der Waals surface area contributed by atoms with Gasteiger partial charge in [-0.15, -0.1) is 0 Å². The van der Waals surface area contributed by atoms with Crippen molar-refractivity contribution in [2.45, 2.75) is 0 Å². The molecule has 0 radical (unpaired) electrons. The van der Waals surface area contributed by atoms with Crippen LogP contribution in [0.25, 0.3) is 0 Å². The molecular formula is C17H16ClN3O5S. The third kappa shape index (κ3) is 4.55. The second-order valence-electron chi connectivity index (χ2n) is 5.79. The van der Waals surface area contributed by atoms with Crippen LogP contribution in [0.2, 0.25) is 5.02 Å². The molecule has 0 bridgehead atoms. The van der Waals surface area contributed by atoms with E-state index in [1.807, 2.05) is 24.3 Å². The van der Waals surface area contributed by atoms with Crippen molar-refractivity contribution in [3.05, 3.63) is 56.4 Å². The van der Waals surface area contributed by atoms with Gasteiger partial charge in [0.05, 0.1) is 15.6 Å². The molecule has 0 atom stereocenters. The first-order valence-corrected chi connectivity index (χ1v) is 9.34. The van der Waals surface area contributed by atoms with E-state index in [1.165, 1.54) is 12.1 Å². The Morgan fingerprint density at radius 2 is 1.85 bits per heavy atom. The minimum Gasteiger partial charge on any atom is -0.451 e. The lowest BCUT2D eigenvalue weighted by Gasteiger charge is -2.36. The highest BCUT2D eigenvalue weighted by molar-refractivity contribution is 7.17. The largest absolute Gasteiger partial charge is 0.451 e. The number of nitrogens with zero attached hydrogens (tertiary/aromatic N) is 3. The first kappa shape index (κ1) is 19.1. The van der Waals surface area contributed by atoms with Gasteiger partial charge in [-0.3, -0.25) is 14.9 Å². The van der Waals surface area contributed by atoms with Crippen molar-refractivity contribution in [2.75, 3.05) is 37.7 Å². The Bertz CT molecular complexity index is 864. The summed E-state index contributed by atoms with van der Waals surface area (Å²) in [6.45, 7) is 1.84. The van der Waals surface area contributed by atoms with Gasteiger partial charge in [0, 0.05) is 32.2 Å². The van der Waals surface area contributed by atoms with Gasteiger partial charge in [0.25, 0.3) is 5.91 Å². The standard InChI is InChI=1S/C17H16ClN3O5S/c18-12-3-1-2-4-13(12)19-7-9-20(10-8-19)15(22)11-26-17(23)14-5-6-16(27-14)21(24)25/h1-6H,7-11H2. The predicted octanol–water partition coefficient (Wildman–Crippen LogP) is 2.82. The maximum atomic E-state index is 12.3. The van der Waals surface area contributed by atoms with Gasteiger partial charge in [-0.05, 0) is 18.2 Å². The van der Waals surface area contributed by atoms with Crippen LogP contribution in [0.15, 0.2) is 36.4 Å². The number of carbonyl (C=O) groups excluding carboxylic acids is 2. The molecule has 0 N–H and O–H groups in total. The molecule has 142 valence electrons. The lowest BCUT2D eigenvalue weighted by Crippen LogP contribution is -2.50. The summed E-state index contributed by atoms with van der Waals surface area (Å²) in [4.78, 5) is 38.1. The van der Waals surface area contributed by atoms with Crippen molar-refractivity contribution in [3.63, 3.8) is 0 Å². The number of thiophene rings is 1. The van der Waals surface area contributed by atoms with Crippen LogP contribution in [0.3, 0.4) is 0 Å². The average molecular weight is 410 g/mol. The van der Waals surface area contributed by atoms with Gasteiger partial charge in [0.2, 0.25) is 0 Å². The molecule has 1 amide bonds. The van der Waals surface area contributed by atoms with E-state index in [-0.39, 0.29) is 15.8 Å². The van der Waals surface area contributed by atoms with Crippen molar-refractivity contribution < 1.29 is 19.2 Å². The van der Waals surface area contributed by atoms with Gasteiger partial charge in [0.15, 0.2) is 6.61 Å². The Kier molecular flexibility index (Phi) is 5.92. The number of benzene rings is 1. The van der Waals surface area contributed by atoms with Gasteiger partial charge in [-0.25, -0.2) is 4.79 Å². The normalized spacial score (nSPS) is 14.1. The Hall–Kier alpha value is -2.65. The van der Waals surface area contributed by atoms with E-state index in [0.29, 0.717) is 31.2 Å². The van der Waals surface area contributed by atoms with Crippen molar-refractivity contribution in [1.82, 2.24) is 4.90 Å². The highest BCUT2D eigenvalue weighted by Gasteiger charge is 2.24. The number of anilines is 1. The van der Waals surface area contributed by atoms with Crippen LogP contribution in [0.1, 0.15) is 9.67 Å². The fourth-order valence-electron chi connectivity index (χ4n) is 2.73. The maximum absolute atomic E-state index is 12.3. The van der Waals surface area contributed by atoms with Gasteiger partial charge in [0.1, 0.15) is 4.88 Å². The minimum atomic E-state index is -0.740. The molecule has 0 spiro atoms. The number of carbonyl (C=O) groups is 2. The van der Waals surface area contributed by atoms with Gasteiger partial charge in [-0.2, -0.15) is 0 Å². The lowest BCUT2D eigenvalue weighted by molar-refractivity contribution is -0.380. The number of ether oxygens (including phenoxy) is 1. The Balaban J connectivity index is 1.49. The molecule has 1 aromatic carbocycles. The summed E-state index contributed by atoms with van der Waals surface area (Å²) in [7, 11) is 0. The highest BCUT2D eigenvalue weighted by Crippen LogP contribution is 2.26. The first-order valence-electron chi connectivity index (χ1n) is 8.14. The molecular weight excluding hydrogens is 394 g/mol. The van der Waals surface area contributed by atoms with Crippen LogP contribution < -0.4 is 4.90 Å². The number of hydrogen-bond acceptors (Lipinski definition) is 7. The van der Waals surface area contributed by atoms with Crippen LogP contribution >= 0.6 is 22.9 Å². The number of para-hydroxylation sites is 1. The molecule has 1 aliphatic rings. The van der Waals surface area contributed by atoms with E-state index in [2.05, 4.69) is 4.90 Å². The predicted molar refractivity (Wildman–Crippen MR) is 102 cm³/mol. The van der Waals surface area contributed by atoms with Crippen molar-refractivity contribution in [2.24, 2.45) is 0 Å².